The molecule has 1 N–H and O–H groups in total. The fraction of sp³-hybridized carbons (Fsp3) is 0.381. The number of anilines is 1. The lowest BCUT2D eigenvalue weighted by Crippen LogP contribution is -2.35. The van der Waals surface area contributed by atoms with E-state index in [1.165, 1.54) is 0 Å². The van der Waals surface area contributed by atoms with E-state index in [2.05, 4.69) is 9.55 Å². The number of imidazole rings is 1. The minimum atomic E-state index is -0.342. The highest BCUT2D eigenvalue weighted by molar-refractivity contribution is 6.31. The maximum atomic E-state index is 13.2. The molecule has 2 fully saturated rings. The molecule has 0 bridgehead atoms. The summed E-state index contributed by atoms with van der Waals surface area (Å²) in [6.07, 6.45) is 6.50. The largest absolute Gasteiger partial charge is 0.393 e. The van der Waals surface area contributed by atoms with Crippen LogP contribution in [-0.4, -0.2) is 31.7 Å². The Balaban J connectivity index is 1.45. The van der Waals surface area contributed by atoms with Gasteiger partial charge in [-0.3, -0.25) is 9.78 Å². The minimum absolute atomic E-state index is 0.154. The molecular weight excluding hydrogens is 376 g/mol. The Morgan fingerprint density at radius 2 is 2.07 bits per heavy atom. The minimum Gasteiger partial charge on any atom is -0.393 e. The molecule has 0 atom stereocenters. The van der Waals surface area contributed by atoms with Crippen LogP contribution in [0.5, 0.6) is 0 Å². The van der Waals surface area contributed by atoms with E-state index in [0.717, 1.165) is 41.0 Å². The number of rotatable bonds is 3. The third-order valence-corrected chi connectivity index (χ3v) is 6.72. The summed E-state index contributed by atoms with van der Waals surface area (Å²) < 4.78 is 2.18. The molecule has 0 radical (unpaired) electrons. The third kappa shape index (κ3) is 2.16. The second-order valence-corrected chi connectivity index (χ2v) is 8.61. The van der Waals surface area contributed by atoms with E-state index < -0.39 is 0 Å². The Kier molecular flexibility index (Phi) is 3.27. The van der Waals surface area contributed by atoms with Crippen LogP contribution in [0.15, 0.2) is 36.7 Å². The zero-order valence-electron chi connectivity index (χ0n) is 15.2. The molecular formula is C21H19ClN4O2. The molecule has 0 unspecified atom stereocenters. The molecule has 142 valence electrons. The molecule has 3 aromatic rings. The van der Waals surface area contributed by atoms with Crippen LogP contribution >= 0.6 is 11.6 Å². The summed E-state index contributed by atoms with van der Waals surface area (Å²) in [7, 11) is 0. The predicted octanol–water partition coefficient (Wildman–Crippen LogP) is 3.36. The first-order valence-corrected chi connectivity index (χ1v) is 10.1. The fourth-order valence-electron chi connectivity index (χ4n) is 4.81. The molecule has 1 spiro atoms. The Bertz CT molecular complexity index is 1130. The second-order valence-electron chi connectivity index (χ2n) is 8.18. The molecule has 6 nitrogen and oxygen atoms in total. The number of aromatic nitrogens is 3. The first-order chi connectivity index (χ1) is 13.6. The highest BCUT2D eigenvalue weighted by Gasteiger charge is 2.59. The number of hydrogen-bond acceptors (Lipinski definition) is 4. The first-order valence-electron chi connectivity index (χ1n) is 9.68. The number of carbonyl (C=O) groups excluding carboxylic acids is 1. The second kappa shape index (κ2) is 5.55. The van der Waals surface area contributed by atoms with Crippen molar-refractivity contribution < 1.29 is 9.90 Å². The van der Waals surface area contributed by atoms with Crippen molar-refractivity contribution in [2.45, 2.75) is 49.8 Å². The average Bonchev–Trinajstić information content (AvgIpc) is 3.35. The summed E-state index contributed by atoms with van der Waals surface area (Å²) in [5.41, 5.74) is 3.47. The zero-order valence-corrected chi connectivity index (χ0v) is 15.9. The average molecular weight is 395 g/mol. The predicted molar refractivity (Wildman–Crippen MR) is 105 cm³/mol. The normalized spacial score (nSPS) is 24.6. The van der Waals surface area contributed by atoms with Gasteiger partial charge in [0.2, 0.25) is 5.91 Å². The molecule has 7 heteroatoms. The number of nitrogens with zero attached hydrogens (tertiary/aromatic N) is 4. The summed E-state index contributed by atoms with van der Waals surface area (Å²) in [5.74, 6) is 0.982. The van der Waals surface area contributed by atoms with E-state index in [1.807, 2.05) is 29.2 Å². The molecule has 3 aliphatic rings. The maximum Gasteiger partial charge on any atom is 0.238 e. The van der Waals surface area contributed by atoms with Gasteiger partial charge in [0, 0.05) is 17.3 Å². The number of pyridine rings is 1. The van der Waals surface area contributed by atoms with Crippen molar-refractivity contribution in [3.05, 3.63) is 53.1 Å². The maximum absolute atomic E-state index is 13.2. The molecule has 0 saturated heterocycles. The zero-order chi connectivity index (χ0) is 19.0. The standard InChI is InChI=1S/C21H19ClN4O2/c22-12-1-2-17-16(7-12)24-19(26(17)13-8-14(27)9-13)11-25-18-10-23-6-3-15(18)21(4-5-21)20(25)28/h1-3,6-7,10,13-14,27H,4-5,8-9,11H2/t13-,14+. The van der Waals surface area contributed by atoms with Crippen LogP contribution in [0.2, 0.25) is 5.02 Å². The number of fused-ring (bicyclic) bond motifs is 3. The van der Waals surface area contributed by atoms with E-state index in [-0.39, 0.29) is 23.5 Å². The van der Waals surface area contributed by atoms with E-state index >= 15 is 0 Å². The fourth-order valence-corrected chi connectivity index (χ4v) is 4.97. The first kappa shape index (κ1) is 16.5. The summed E-state index contributed by atoms with van der Waals surface area (Å²) in [6.45, 7) is 0.401. The number of benzene rings is 1. The van der Waals surface area contributed by atoms with Gasteiger partial charge in [-0.15, -0.1) is 0 Å². The van der Waals surface area contributed by atoms with Gasteiger partial charge < -0.3 is 14.6 Å². The molecule has 2 saturated carbocycles. The topological polar surface area (TPSA) is 71.2 Å². The third-order valence-electron chi connectivity index (χ3n) is 6.49. The van der Waals surface area contributed by atoms with Crippen molar-refractivity contribution in [1.82, 2.24) is 14.5 Å². The van der Waals surface area contributed by atoms with Gasteiger partial charge in [-0.25, -0.2) is 4.98 Å². The number of amides is 1. The number of aliphatic hydroxyl groups excluding tert-OH is 1. The van der Waals surface area contributed by atoms with Crippen LogP contribution in [0.25, 0.3) is 11.0 Å². The van der Waals surface area contributed by atoms with E-state index in [0.29, 0.717) is 24.4 Å². The van der Waals surface area contributed by atoms with Gasteiger partial charge in [0.05, 0.1) is 41.0 Å². The lowest BCUT2D eigenvalue weighted by molar-refractivity contribution is -0.120. The molecule has 2 aromatic heterocycles. The Hall–Kier alpha value is -2.44. The van der Waals surface area contributed by atoms with Crippen molar-refractivity contribution in [2.75, 3.05) is 4.90 Å². The monoisotopic (exact) mass is 394 g/mol. The van der Waals surface area contributed by atoms with Crippen LogP contribution < -0.4 is 4.90 Å². The smallest absolute Gasteiger partial charge is 0.238 e. The summed E-state index contributed by atoms with van der Waals surface area (Å²) in [5, 5.41) is 10.5. The number of carbonyl (C=O) groups is 1. The van der Waals surface area contributed by atoms with E-state index in [4.69, 9.17) is 16.6 Å². The van der Waals surface area contributed by atoms with E-state index in [1.54, 1.807) is 12.4 Å². The molecule has 2 aliphatic carbocycles. The molecule has 6 rings (SSSR count). The Morgan fingerprint density at radius 3 is 2.82 bits per heavy atom. The van der Waals surface area contributed by atoms with E-state index in [9.17, 15) is 9.90 Å². The van der Waals surface area contributed by atoms with Gasteiger partial charge in [0.25, 0.3) is 0 Å². The van der Waals surface area contributed by atoms with Gasteiger partial charge in [-0.05, 0) is 55.5 Å². The summed E-state index contributed by atoms with van der Waals surface area (Å²) in [6, 6.07) is 7.86. The number of hydrogen-bond donors (Lipinski definition) is 1. The SMILES string of the molecule is O=C1N(Cc2nc3cc(Cl)ccc3n2[C@H]2C[C@@H](O)C2)c2cnccc2C12CC2. The van der Waals surface area contributed by atoms with Crippen molar-refractivity contribution in [1.29, 1.82) is 0 Å². The molecule has 1 aliphatic heterocycles. The van der Waals surface area contributed by atoms with Crippen molar-refractivity contribution in [3.63, 3.8) is 0 Å². The highest BCUT2D eigenvalue weighted by Crippen LogP contribution is 2.57. The van der Waals surface area contributed by atoms with Crippen molar-refractivity contribution in [2.24, 2.45) is 0 Å². The number of halogens is 1. The lowest BCUT2D eigenvalue weighted by atomic mass is 9.89. The van der Waals surface area contributed by atoms with Crippen LogP contribution in [0.4, 0.5) is 5.69 Å². The number of aliphatic hydroxyl groups is 1. The quantitative estimate of drug-likeness (QED) is 0.739. The Morgan fingerprint density at radius 1 is 1.25 bits per heavy atom. The lowest BCUT2D eigenvalue weighted by Gasteiger charge is -2.34. The molecule has 1 aromatic carbocycles. The van der Waals surface area contributed by atoms with Gasteiger partial charge in [0.1, 0.15) is 5.82 Å². The van der Waals surface area contributed by atoms with Crippen LogP contribution in [-0.2, 0) is 16.8 Å². The van der Waals surface area contributed by atoms with Gasteiger partial charge in [0.15, 0.2) is 0 Å². The highest BCUT2D eigenvalue weighted by atomic mass is 35.5. The summed E-state index contributed by atoms with van der Waals surface area (Å²) >= 11 is 6.17. The van der Waals surface area contributed by atoms with Gasteiger partial charge in [-0.2, -0.15) is 0 Å². The van der Waals surface area contributed by atoms with Crippen LogP contribution in [0, 0.1) is 0 Å². The van der Waals surface area contributed by atoms with Crippen molar-refractivity contribution >= 4 is 34.2 Å². The molecule has 1 amide bonds. The Labute approximate surface area is 166 Å². The molecule has 3 heterocycles. The van der Waals surface area contributed by atoms with Crippen LogP contribution in [0.1, 0.15) is 43.1 Å². The van der Waals surface area contributed by atoms with Gasteiger partial charge >= 0.3 is 0 Å². The van der Waals surface area contributed by atoms with Crippen molar-refractivity contribution in [3.8, 4) is 0 Å². The molecule has 28 heavy (non-hydrogen) atoms. The van der Waals surface area contributed by atoms with Gasteiger partial charge in [-0.1, -0.05) is 11.6 Å². The van der Waals surface area contributed by atoms with Crippen LogP contribution in [0.3, 0.4) is 0 Å². The summed E-state index contributed by atoms with van der Waals surface area (Å²) in [4.78, 5) is 24.2.